The van der Waals surface area contributed by atoms with Crippen molar-refractivity contribution in [2.24, 2.45) is 0 Å². The topological polar surface area (TPSA) is 66.5 Å². The number of anilines is 2. The number of carbonyl (C=O) groups excluding carboxylic acids is 1. The highest BCUT2D eigenvalue weighted by molar-refractivity contribution is 9.10. The van der Waals surface area contributed by atoms with E-state index >= 15 is 0 Å². The molecule has 0 saturated carbocycles. The van der Waals surface area contributed by atoms with Crippen LogP contribution >= 0.6 is 27.3 Å². The van der Waals surface area contributed by atoms with Crippen molar-refractivity contribution in [3.63, 3.8) is 0 Å². The molecule has 0 spiro atoms. The summed E-state index contributed by atoms with van der Waals surface area (Å²) in [7, 11) is -3.99. The molecule has 5 nitrogen and oxygen atoms in total. The number of ketones is 1. The van der Waals surface area contributed by atoms with Crippen LogP contribution in [-0.4, -0.2) is 14.2 Å². The average Bonchev–Trinajstić information content (AvgIpc) is 3.17. The van der Waals surface area contributed by atoms with Crippen LogP contribution in [0.4, 0.5) is 11.4 Å². The molecule has 0 aliphatic carbocycles. The van der Waals surface area contributed by atoms with E-state index in [1.165, 1.54) is 21.8 Å². The van der Waals surface area contributed by atoms with Gasteiger partial charge in [-0.15, -0.1) is 11.3 Å². The zero-order chi connectivity index (χ0) is 19.7. The lowest BCUT2D eigenvalue weighted by Crippen LogP contribution is -2.38. The van der Waals surface area contributed by atoms with Crippen LogP contribution in [0.15, 0.2) is 81.6 Å². The predicted octanol–water partition coefficient (Wildman–Crippen LogP) is 5.00. The van der Waals surface area contributed by atoms with Crippen molar-refractivity contribution in [2.75, 3.05) is 9.62 Å². The highest BCUT2D eigenvalue weighted by atomic mass is 79.9. The van der Waals surface area contributed by atoms with E-state index in [-0.39, 0.29) is 11.4 Å². The Morgan fingerprint density at radius 2 is 1.75 bits per heavy atom. The summed E-state index contributed by atoms with van der Waals surface area (Å²) in [5, 5.41) is 4.67. The Labute approximate surface area is 175 Å². The minimum atomic E-state index is -3.99. The Morgan fingerprint density at radius 1 is 1.04 bits per heavy atom. The Bertz CT molecular complexity index is 1150. The molecule has 0 unspecified atom stereocenters. The van der Waals surface area contributed by atoms with E-state index in [1.54, 1.807) is 23.6 Å². The molecule has 142 valence electrons. The van der Waals surface area contributed by atoms with Crippen molar-refractivity contribution in [1.29, 1.82) is 0 Å². The number of sulfonamides is 1. The number of carbonyl (C=O) groups is 1. The molecule has 2 heterocycles. The summed E-state index contributed by atoms with van der Waals surface area (Å²) in [4.78, 5) is 13.0. The van der Waals surface area contributed by atoms with Crippen LogP contribution in [0.5, 0.6) is 0 Å². The number of hydrogen-bond acceptors (Lipinski definition) is 5. The van der Waals surface area contributed by atoms with Gasteiger partial charge in [0.05, 0.1) is 12.2 Å². The van der Waals surface area contributed by atoms with E-state index in [2.05, 4.69) is 21.2 Å². The monoisotopic (exact) mass is 474 g/mol. The molecule has 1 aromatic heterocycles. The van der Waals surface area contributed by atoms with Gasteiger partial charge in [-0.1, -0.05) is 46.3 Å². The third kappa shape index (κ3) is 3.50. The lowest BCUT2D eigenvalue weighted by atomic mass is 10.2. The van der Waals surface area contributed by atoms with Gasteiger partial charge in [0, 0.05) is 16.4 Å². The van der Waals surface area contributed by atoms with Crippen LogP contribution in [0, 0.1) is 0 Å². The Balaban J connectivity index is 1.74. The van der Waals surface area contributed by atoms with Gasteiger partial charge in [0.1, 0.15) is 4.88 Å². The molecule has 1 aliphatic heterocycles. The van der Waals surface area contributed by atoms with Crippen LogP contribution < -0.4 is 9.62 Å². The van der Waals surface area contributed by atoms with Crippen LogP contribution in [0.2, 0.25) is 0 Å². The molecule has 3 aromatic rings. The second-order valence-electron chi connectivity index (χ2n) is 6.12. The van der Waals surface area contributed by atoms with Crippen LogP contribution in [0.25, 0.3) is 0 Å². The molecular formula is C20H15BrN2O3S2. The van der Waals surface area contributed by atoms with Crippen LogP contribution in [0.1, 0.15) is 15.2 Å². The minimum absolute atomic E-state index is 0.163. The molecule has 0 fully saturated rings. The first-order valence-electron chi connectivity index (χ1n) is 8.38. The van der Waals surface area contributed by atoms with Gasteiger partial charge in [-0.2, -0.15) is 0 Å². The van der Waals surface area contributed by atoms with Crippen LogP contribution in [0.3, 0.4) is 0 Å². The Morgan fingerprint density at radius 3 is 2.46 bits per heavy atom. The molecule has 28 heavy (non-hydrogen) atoms. The second-order valence-corrected chi connectivity index (χ2v) is 9.78. The summed E-state index contributed by atoms with van der Waals surface area (Å²) in [6.45, 7) is 0.163. The summed E-state index contributed by atoms with van der Waals surface area (Å²) in [5.41, 5.74) is 1.96. The Hall–Kier alpha value is -2.42. The fourth-order valence-corrected chi connectivity index (χ4v) is 5.65. The van der Waals surface area contributed by atoms with Gasteiger partial charge < -0.3 is 5.32 Å². The standard InChI is InChI=1S/C20H15BrN2O3S2/c21-15-6-8-16(9-7-15)22-12-18-19(24)20-17(10-11-27-20)23(28(18,25)26)13-14-4-2-1-3-5-14/h1-12,22H,13H2/b18-12-. The molecular weight excluding hydrogens is 460 g/mol. The number of thiophene rings is 1. The van der Waals surface area contributed by atoms with Gasteiger partial charge in [-0.3, -0.25) is 9.10 Å². The number of fused-ring (bicyclic) bond motifs is 1. The van der Waals surface area contributed by atoms with E-state index in [1.807, 2.05) is 42.5 Å². The summed E-state index contributed by atoms with van der Waals surface area (Å²) >= 11 is 4.60. The first-order chi connectivity index (χ1) is 13.5. The molecule has 0 bridgehead atoms. The molecule has 0 amide bonds. The lowest BCUT2D eigenvalue weighted by Gasteiger charge is -2.29. The molecule has 4 rings (SSSR count). The lowest BCUT2D eigenvalue weighted by molar-refractivity contribution is 0.104. The van der Waals surface area contributed by atoms with Crippen molar-refractivity contribution in [1.82, 2.24) is 0 Å². The number of benzene rings is 2. The van der Waals surface area contributed by atoms with E-state index in [9.17, 15) is 13.2 Å². The fourth-order valence-electron chi connectivity index (χ4n) is 2.90. The highest BCUT2D eigenvalue weighted by Gasteiger charge is 2.41. The highest BCUT2D eigenvalue weighted by Crippen LogP contribution is 2.39. The van der Waals surface area contributed by atoms with Crippen molar-refractivity contribution in [3.8, 4) is 0 Å². The number of nitrogens with zero attached hydrogens (tertiary/aromatic N) is 1. The van der Waals surface area contributed by atoms with Gasteiger partial charge in [-0.25, -0.2) is 8.42 Å². The number of allylic oxidation sites excluding steroid dienone is 1. The van der Waals surface area contributed by atoms with Gasteiger partial charge in [0.25, 0.3) is 10.0 Å². The number of nitrogens with one attached hydrogen (secondary N) is 1. The molecule has 0 atom stereocenters. The molecule has 2 aromatic carbocycles. The molecule has 0 radical (unpaired) electrons. The maximum absolute atomic E-state index is 13.3. The SMILES string of the molecule is O=C1/C(=C/Nc2ccc(Br)cc2)S(=O)(=O)N(Cc2ccccc2)c2ccsc21. The van der Waals surface area contributed by atoms with Gasteiger partial charge >= 0.3 is 0 Å². The maximum atomic E-state index is 13.3. The van der Waals surface area contributed by atoms with Crippen molar-refractivity contribution in [2.45, 2.75) is 6.54 Å². The summed E-state index contributed by atoms with van der Waals surface area (Å²) in [6, 6.07) is 18.2. The normalized spacial score (nSPS) is 16.8. The summed E-state index contributed by atoms with van der Waals surface area (Å²) in [6.07, 6.45) is 1.28. The molecule has 1 N–H and O–H groups in total. The fraction of sp³-hybridized carbons (Fsp3) is 0.0500. The number of hydrogen-bond donors (Lipinski definition) is 1. The first kappa shape index (κ1) is 18.9. The molecule has 8 heteroatoms. The predicted molar refractivity (Wildman–Crippen MR) is 116 cm³/mol. The largest absolute Gasteiger partial charge is 0.360 e. The van der Waals surface area contributed by atoms with Crippen molar-refractivity contribution in [3.05, 3.63) is 92.1 Å². The maximum Gasteiger partial charge on any atom is 0.270 e. The number of Topliss-reactive ketones (excluding diaryl/α,β-unsaturated/α-hetero) is 1. The molecule has 1 aliphatic rings. The zero-order valence-electron chi connectivity index (χ0n) is 14.5. The van der Waals surface area contributed by atoms with Crippen LogP contribution in [-0.2, 0) is 16.6 Å². The van der Waals surface area contributed by atoms with Crippen molar-refractivity contribution >= 4 is 54.4 Å². The van der Waals surface area contributed by atoms with Gasteiger partial charge in [0.15, 0.2) is 4.91 Å². The molecule has 0 saturated heterocycles. The van der Waals surface area contributed by atoms with Crippen molar-refractivity contribution < 1.29 is 13.2 Å². The average molecular weight is 475 g/mol. The Kier molecular flexibility index (Phi) is 5.09. The number of rotatable bonds is 4. The van der Waals surface area contributed by atoms with E-state index in [0.29, 0.717) is 16.3 Å². The summed E-state index contributed by atoms with van der Waals surface area (Å²) < 4.78 is 28.7. The van der Waals surface area contributed by atoms with E-state index in [4.69, 9.17) is 0 Å². The minimum Gasteiger partial charge on any atom is -0.360 e. The smallest absolute Gasteiger partial charge is 0.270 e. The van der Waals surface area contributed by atoms with Gasteiger partial charge in [-0.05, 0) is 41.3 Å². The quantitative estimate of drug-likeness (QED) is 0.540. The third-order valence-electron chi connectivity index (χ3n) is 4.29. The third-order valence-corrected chi connectivity index (χ3v) is 7.49. The summed E-state index contributed by atoms with van der Waals surface area (Å²) in [5.74, 6) is -0.487. The van der Waals surface area contributed by atoms with E-state index in [0.717, 1.165) is 10.0 Å². The first-order valence-corrected chi connectivity index (χ1v) is 11.5. The second kappa shape index (κ2) is 7.54. The number of halogens is 1. The zero-order valence-corrected chi connectivity index (χ0v) is 17.7. The van der Waals surface area contributed by atoms with E-state index < -0.39 is 15.8 Å². The van der Waals surface area contributed by atoms with Gasteiger partial charge in [0.2, 0.25) is 5.78 Å².